The molecule has 0 saturated heterocycles. The van der Waals surface area contributed by atoms with Crippen molar-refractivity contribution in [3.63, 3.8) is 0 Å². The van der Waals surface area contributed by atoms with E-state index < -0.39 is 24.9 Å². The first-order valence-electron chi connectivity index (χ1n) is 8.70. The predicted octanol–water partition coefficient (Wildman–Crippen LogP) is 4.63. The van der Waals surface area contributed by atoms with Crippen LogP contribution in [0.5, 0.6) is 0 Å². The van der Waals surface area contributed by atoms with Crippen LogP contribution >= 0.6 is 11.3 Å². The Kier molecular flexibility index (Phi) is 5.15. The number of alkyl halides is 3. The van der Waals surface area contributed by atoms with Crippen molar-refractivity contribution < 1.29 is 13.2 Å². The molecular weight excluding hydrogens is 385 g/mol. The lowest BCUT2D eigenvalue weighted by Crippen LogP contribution is -2.44. The van der Waals surface area contributed by atoms with Gasteiger partial charge in [0.1, 0.15) is 18.0 Å². The van der Waals surface area contributed by atoms with Crippen LogP contribution in [0.3, 0.4) is 0 Å². The number of anilines is 1. The van der Waals surface area contributed by atoms with Crippen LogP contribution in [0.1, 0.15) is 22.0 Å². The molecule has 0 aliphatic carbocycles. The van der Waals surface area contributed by atoms with Crippen molar-refractivity contribution in [2.75, 3.05) is 11.9 Å². The summed E-state index contributed by atoms with van der Waals surface area (Å²) in [6.45, 7) is -1.12. The molecule has 28 heavy (non-hydrogen) atoms. The highest BCUT2D eigenvalue weighted by atomic mass is 32.1. The Morgan fingerprint density at radius 1 is 1.04 bits per heavy atom. The lowest BCUT2D eigenvalue weighted by molar-refractivity contribution is -0.126. The fraction of sp³-hybridized carbons (Fsp3) is 0.200. The van der Waals surface area contributed by atoms with Crippen molar-refractivity contribution in [2.24, 2.45) is 4.99 Å². The van der Waals surface area contributed by atoms with Crippen LogP contribution in [0.15, 0.2) is 71.2 Å². The predicted molar refractivity (Wildman–Crippen MR) is 105 cm³/mol. The van der Waals surface area contributed by atoms with Crippen LogP contribution in [-0.2, 0) is 0 Å². The van der Waals surface area contributed by atoms with Crippen LogP contribution in [0.4, 0.5) is 19.0 Å². The van der Waals surface area contributed by atoms with Gasteiger partial charge in [0.25, 0.3) is 0 Å². The Morgan fingerprint density at radius 3 is 2.57 bits per heavy atom. The van der Waals surface area contributed by atoms with Gasteiger partial charge in [-0.25, -0.2) is 4.98 Å². The minimum Gasteiger partial charge on any atom is -0.352 e. The van der Waals surface area contributed by atoms with Crippen LogP contribution in [-0.4, -0.2) is 29.6 Å². The summed E-state index contributed by atoms with van der Waals surface area (Å²) in [6, 6.07) is 16.5. The summed E-state index contributed by atoms with van der Waals surface area (Å²) >= 11 is 1.46. The molecule has 0 fully saturated rings. The zero-order valence-electron chi connectivity index (χ0n) is 14.6. The molecule has 4 rings (SSSR count). The minimum atomic E-state index is -4.33. The molecule has 1 aliphatic heterocycles. The van der Waals surface area contributed by atoms with Gasteiger partial charge in [-0.2, -0.15) is 13.2 Å². The van der Waals surface area contributed by atoms with Gasteiger partial charge in [0, 0.05) is 22.2 Å². The summed E-state index contributed by atoms with van der Waals surface area (Å²) in [5.74, 6) is 0.504. The Morgan fingerprint density at radius 2 is 1.86 bits per heavy atom. The van der Waals surface area contributed by atoms with Gasteiger partial charge in [-0.15, -0.1) is 11.3 Å². The molecule has 4 nitrogen and oxygen atoms in total. The highest BCUT2D eigenvalue weighted by Crippen LogP contribution is 2.33. The number of rotatable bonds is 4. The third-order valence-corrected chi connectivity index (χ3v) is 5.29. The molecule has 1 aromatic carbocycles. The van der Waals surface area contributed by atoms with E-state index in [-0.39, 0.29) is 0 Å². The van der Waals surface area contributed by atoms with E-state index in [9.17, 15) is 13.2 Å². The number of pyridine rings is 1. The van der Waals surface area contributed by atoms with E-state index in [1.165, 1.54) is 11.3 Å². The first-order valence-corrected chi connectivity index (χ1v) is 9.58. The number of fused-ring (bicyclic) bond motifs is 1. The van der Waals surface area contributed by atoms with Gasteiger partial charge in [0.2, 0.25) is 0 Å². The average Bonchev–Trinajstić information content (AvgIpc) is 3.16. The molecule has 0 radical (unpaired) electrons. The summed E-state index contributed by atoms with van der Waals surface area (Å²) in [6.07, 6.45) is -3.47. The van der Waals surface area contributed by atoms with E-state index in [0.29, 0.717) is 11.5 Å². The fourth-order valence-electron chi connectivity index (χ4n) is 3.12. The van der Waals surface area contributed by atoms with Crippen molar-refractivity contribution in [2.45, 2.75) is 18.4 Å². The Balaban J connectivity index is 1.82. The second kappa shape index (κ2) is 7.73. The number of hydrogen-bond donors (Lipinski definition) is 2. The van der Waals surface area contributed by atoms with Crippen molar-refractivity contribution >= 4 is 22.9 Å². The number of hydrogen-bond acceptors (Lipinski definition) is 5. The molecule has 2 atom stereocenters. The van der Waals surface area contributed by atoms with Gasteiger partial charge in [-0.3, -0.25) is 10.3 Å². The normalized spacial score (nSPS) is 19.3. The smallest absolute Gasteiger partial charge is 0.352 e. The van der Waals surface area contributed by atoms with E-state index in [4.69, 9.17) is 4.99 Å². The Labute approximate surface area is 164 Å². The molecular formula is C20H17F3N4S. The van der Waals surface area contributed by atoms with Gasteiger partial charge >= 0.3 is 6.18 Å². The van der Waals surface area contributed by atoms with Gasteiger partial charge < -0.3 is 5.32 Å². The lowest BCUT2D eigenvalue weighted by atomic mass is 10.0. The first-order chi connectivity index (χ1) is 13.5. The van der Waals surface area contributed by atoms with Crippen LogP contribution in [0.2, 0.25) is 0 Å². The van der Waals surface area contributed by atoms with E-state index in [1.807, 2.05) is 53.9 Å². The molecule has 0 spiro atoms. The number of nitrogens with one attached hydrogen (secondary N) is 2. The maximum absolute atomic E-state index is 12.9. The van der Waals surface area contributed by atoms with E-state index in [0.717, 1.165) is 16.0 Å². The number of nitrogens with zero attached hydrogens (tertiary/aromatic N) is 2. The number of halogens is 3. The quantitative estimate of drug-likeness (QED) is 0.669. The molecule has 1 aliphatic rings. The lowest BCUT2D eigenvalue weighted by Gasteiger charge is -2.25. The second-order valence-electron chi connectivity index (χ2n) is 6.32. The monoisotopic (exact) mass is 402 g/mol. The topological polar surface area (TPSA) is 49.3 Å². The summed E-state index contributed by atoms with van der Waals surface area (Å²) in [4.78, 5) is 10.1. The standard InChI is InChI=1S/C20H17F3N4S/c21-20(22,23)12-25-19-17(15-9-5-11-28-15)26-16(13-6-2-1-3-7-13)14-8-4-10-24-18(14)27-19/h1-11,17,19,25H,12H2,(H,24,27). The highest BCUT2D eigenvalue weighted by Gasteiger charge is 2.34. The van der Waals surface area contributed by atoms with Crippen LogP contribution in [0, 0.1) is 0 Å². The molecule has 0 bridgehead atoms. The summed E-state index contributed by atoms with van der Waals surface area (Å²) < 4.78 is 38.6. The molecule has 2 aromatic heterocycles. The number of aromatic nitrogens is 1. The summed E-state index contributed by atoms with van der Waals surface area (Å²) in [7, 11) is 0. The van der Waals surface area contributed by atoms with Crippen molar-refractivity contribution in [1.29, 1.82) is 0 Å². The van der Waals surface area contributed by atoms with E-state index >= 15 is 0 Å². The number of thiophene rings is 1. The maximum atomic E-state index is 12.9. The summed E-state index contributed by atoms with van der Waals surface area (Å²) in [5, 5.41) is 7.61. The molecule has 144 valence electrons. The fourth-order valence-corrected chi connectivity index (χ4v) is 3.92. The van der Waals surface area contributed by atoms with Crippen molar-refractivity contribution in [3.05, 3.63) is 82.2 Å². The van der Waals surface area contributed by atoms with Crippen LogP contribution in [0.25, 0.3) is 0 Å². The molecule has 0 amide bonds. The van der Waals surface area contributed by atoms with Gasteiger partial charge in [-0.05, 0) is 23.6 Å². The largest absolute Gasteiger partial charge is 0.401 e. The molecule has 3 aromatic rings. The molecule has 0 saturated carbocycles. The Hall–Kier alpha value is -2.71. The number of benzene rings is 1. The third kappa shape index (κ3) is 4.07. The van der Waals surface area contributed by atoms with E-state index in [1.54, 1.807) is 12.3 Å². The SMILES string of the molecule is FC(F)(F)CNC1Nc2ncccc2C(c2ccccc2)=NC1c1cccs1. The van der Waals surface area contributed by atoms with Crippen molar-refractivity contribution in [1.82, 2.24) is 10.3 Å². The molecule has 2 N–H and O–H groups in total. The summed E-state index contributed by atoms with van der Waals surface area (Å²) in [5.41, 5.74) is 2.34. The Bertz CT molecular complexity index is 955. The van der Waals surface area contributed by atoms with Gasteiger partial charge in [0.15, 0.2) is 0 Å². The zero-order chi connectivity index (χ0) is 19.6. The molecule has 2 unspecified atom stereocenters. The third-order valence-electron chi connectivity index (χ3n) is 4.34. The van der Waals surface area contributed by atoms with Gasteiger partial charge in [0.05, 0.1) is 12.3 Å². The highest BCUT2D eigenvalue weighted by molar-refractivity contribution is 7.10. The average molecular weight is 402 g/mol. The molecule has 8 heteroatoms. The number of aliphatic imine (C=N–C) groups is 1. The second-order valence-corrected chi connectivity index (χ2v) is 7.30. The minimum absolute atomic E-state index is 0.504. The first kappa shape index (κ1) is 18.6. The maximum Gasteiger partial charge on any atom is 0.401 e. The van der Waals surface area contributed by atoms with E-state index in [2.05, 4.69) is 15.6 Å². The zero-order valence-corrected chi connectivity index (χ0v) is 15.5. The van der Waals surface area contributed by atoms with Crippen molar-refractivity contribution in [3.8, 4) is 0 Å². The van der Waals surface area contributed by atoms with Crippen LogP contribution < -0.4 is 10.6 Å². The molecule has 3 heterocycles. The van der Waals surface area contributed by atoms with Gasteiger partial charge in [-0.1, -0.05) is 36.4 Å².